The van der Waals surface area contributed by atoms with Gasteiger partial charge in [-0.3, -0.25) is 14.5 Å². The number of rotatable bonds is 3. The Morgan fingerprint density at radius 1 is 1.27 bits per heavy atom. The minimum absolute atomic E-state index is 0.00597. The Bertz CT molecular complexity index is 262. The second-order valence-electron chi connectivity index (χ2n) is 3.37. The minimum atomic E-state index is -4.47. The lowest BCUT2D eigenvalue weighted by molar-refractivity contribution is -0.177. The number of hydrogen-bond acceptors (Lipinski definition) is 3. The molecule has 0 aromatic rings. The monoisotopic (exact) mass is 224 g/mol. The first-order chi connectivity index (χ1) is 6.86. The molecule has 1 heterocycles. The average Bonchev–Trinajstić information content (AvgIpc) is 2.41. The Labute approximate surface area is 84.2 Å². The van der Waals surface area contributed by atoms with Crippen molar-refractivity contribution in [3.05, 3.63) is 0 Å². The molecule has 1 rings (SSSR count). The highest BCUT2D eigenvalue weighted by atomic mass is 19.4. The highest BCUT2D eigenvalue weighted by Gasteiger charge is 2.42. The van der Waals surface area contributed by atoms with Crippen LogP contribution in [0.5, 0.6) is 0 Å². The molecule has 0 radical (unpaired) electrons. The van der Waals surface area contributed by atoms with Crippen LogP contribution >= 0.6 is 0 Å². The Kier molecular flexibility index (Phi) is 3.33. The summed E-state index contributed by atoms with van der Waals surface area (Å²) in [6.07, 6.45) is -4.49. The molecule has 1 atom stereocenters. The molecule has 0 aliphatic carbocycles. The molecule has 1 saturated heterocycles. The van der Waals surface area contributed by atoms with Crippen molar-refractivity contribution in [2.24, 2.45) is 11.7 Å². The van der Waals surface area contributed by atoms with Crippen LogP contribution in [0.4, 0.5) is 13.2 Å². The summed E-state index contributed by atoms with van der Waals surface area (Å²) >= 11 is 0. The zero-order chi connectivity index (χ0) is 11.6. The van der Waals surface area contributed by atoms with Crippen LogP contribution in [0.3, 0.4) is 0 Å². The summed E-state index contributed by atoms with van der Waals surface area (Å²) in [5.74, 6) is -2.94. The highest BCUT2D eigenvalue weighted by Crippen LogP contribution is 2.27. The fourth-order valence-corrected chi connectivity index (χ4v) is 1.36. The molecule has 2 N–H and O–H groups in total. The van der Waals surface area contributed by atoms with Crippen LogP contribution < -0.4 is 5.73 Å². The van der Waals surface area contributed by atoms with Crippen molar-refractivity contribution in [1.29, 1.82) is 0 Å². The van der Waals surface area contributed by atoms with E-state index < -0.39 is 37.0 Å². The van der Waals surface area contributed by atoms with E-state index in [0.717, 1.165) is 0 Å². The molecule has 0 bridgehead atoms. The number of hydrogen-bond donors (Lipinski definition) is 1. The molecular formula is C8H11F3N2O2. The van der Waals surface area contributed by atoms with Crippen molar-refractivity contribution < 1.29 is 22.8 Å². The van der Waals surface area contributed by atoms with Gasteiger partial charge in [0.05, 0.1) is 5.92 Å². The van der Waals surface area contributed by atoms with Gasteiger partial charge in [-0.2, -0.15) is 13.2 Å². The Hall–Kier alpha value is -1.11. The van der Waals surface area contributed by atoms with E-state index in [9.17, 15) is 22.8 Å². The summed E-state index contributed by atoms with van der Waals surface area (Å²) < 4.78 is 36.9. The predicted octanol–water partition coefficient (Wildman–Crippen LogP) is 0.273. The van der Waals surface area contributed by atoms with Gasteiger partial charge in [-0.1, -0.05) is 0 Å². The molecule has 0 aromatic heterocycles. The topological polar surface area (TPSA) is 63.4 Å². The summed E-state index contributed by atoms with van der Waals surface area (Å²) in [6, 6.07) is 0. The van der Waals surface area contributed by atoms with Crippen LogP contribution in [0, 0.1) is 5.92 Å². The molecule has 7 heteroatoms. The van der Waals surface area contributed by atoms with Gasteiger partial charge in [0, 0.05) is 25.9 Å². The standard InChI is InChI=1S/C8H11F3N2O2/c9-8(10,11)5(3-12)4-13-6(14)1-2-7(13)15/h5H,1-4,12H2. The number of carbonyl (C=O) groups is 2. The number of carbonyl (C=O) groups excluding carboxylic acids is 2. The molecule has 1 aliphatic rings. The number of alkyl halides is 3. The van der Waals surface area contributed by atoms with Gasteiger partial charge in [-0.05, 0) is 0 Å². The van der Waals surface area contributed by atoms with Crippen molar-refractivity contribution in [3.8, 4) is 0 Å². The van der Waals surface area contributed by atoms with Gasteiger partial charge in [0.2, 0.25) is 11.8 Å². The van der Waals surface area contributed by atoms with E-state index in [1.54, 1.807) is 0 Å². The molecule has 0 spiro atoms. The van der Waals surface area contributed by atoms with E-state index in [1.807, 2.05) is 0 Å². The van der Waals surface area contributed by atoms with Crippen LogP contribution in [0.25, 0.3) is 0 Å². The fraction of sp³-hybridized carbons (Fsp3) is 0.750. The summed E-state index contributed by atoms with van der Waals surface area (Å²) in [6.45, 7) is -1.28. The maximum atomic E-state index is 12.3. The van der Waals surface area contributed by atoms with Gasteiger partial charge in [-0.25, -0.2) is 0 Å². The van der Waals surface area contributed by atoms with Crippen LogP contribution in [-0.4, -0.2) is 36.0 Å². The first-order valence-corrected chi connectivity index (χ1v) is 4.46. The second kappa shape index (κ2) is 4.18. The number of imide groups is 1. The molecular weight excluding hydrogens is 213 g/mol. The molecule has 4 nitrogen and oxygen atoms in total. The normalized spacial score (nSPS) is 19.9. The third kappa shape index (κ3) is 2.68. The van der Waals surface area contributed by atoms with Crippen molar-refractivity contribution in [3.63, 3.8) is 0 Å². The van der Waals surface area contributed by atoms with Gasteiger partial charge in [0.25, 0.3) is 0 Å². The minimum Gasteiger partial charge on any atom is -0.330 e. The maximum Gasteiger partial charge on any atom is 0.394 e. The molecule has 1 fully saturated rings. The number of halogens is 3. The molecule has 0 saturated carbocycles. The van der Waals surface area contributed by atoms with Crippen molar-refractivity contribution in [1.82, 2.24) is 4.90 Å². The lowest BCUT2D eigenvalue weighted by Gasteiger charge is -2.23. The van der Waals surface area contributed by atoms with E-state index in [2.05, 4.69) is 0 Å². The number of likely N-dealkylation sites (tertiary alicyclic amines) is 1. The van der Waals surface area contributed by atoms with E-state index >= 15 is 0 Å². The van der Waals surface area contributed by atoms with Gasteiger partial charge < -0.3 is 5.73 Å². The van der Waals surface area contributed by atoms with E-state index in [-0.39, 0.29) is 12.8 Å². The van der Waals surface area contributed by atoms with Crippen LogP contribution in [0.1, 0.15) is 12.8 Å². The van der Waals surface area contributed by atoms with Gasteiger partial charge in [-0.15, -0.1) is 0 Å². The molecule has 1 unspecified atom stereocenters. The van der Waals surface area contributed by atoms with E-state index in [1.165, 1.54) is 0 Å². The van der Waals surface area contributed by atoms with Crippen molar-refractivity contribution in [2.45, 2.75) is 19.0 Å². The largest absolute Gasteiger partial charge is 0.394 e. The molecule has 0 aromatic carbocycles. The quantitative estimate of drug-likeness (QED) is 0.700. The maximum absolute atomic E-state index is 12.3. The van der Waals surface area contributed by atoms with Gasteiger partial charge in [0.1, 0.15) is 0 Å². The summed E-state index contributed by atoms with van der Waals surface area (Å²) in [5.41, 5.74) is 4.96. The lowest BCUT2D eigenvalue weighted by Crippen LogP contribution is -2.42. The van der Waals surface area contributed by atoms with Crippen LogP contribution in [-0.2, 0) is 9.59 Å². The lowest BCUT2D eigenvalue weighted by atomic mass is 10.1. The third-order valence-electron chi connectivity index (χ3n) is 2.31. The average molecular weight is 224 g/mol. The summed E-state index contributed by atoms with van der Waals surface area (Å²) in [5, 5.41) is 0. The SMILES string of the molecule is NCC(CN1C(=O)CCC1=O)C(F)(F)F. The van der Waals surface area contributed by atoms with Crippen molar-refractivity contribution >= 4 is 11.8 Å². The van der Waals surface area contributed by atoms with Gasteiger partial charge in [0.15, 0.2) is 0 Å². The first kappa shape index (κ1) is 12.0. The van der Waals surface area contributed by atoms with E-state index in [4.69, 9.17) is 5.73 Å². The summed E-state index contributed by atoms with van der Waals surface area (Å²) in [7, 11) is 0. The van der Waals surface area contributed by atoms with Gasteiger partial charge >= 0.3 is 6.18 Å². The fourth-order valence-electron chi connectivity index (χ4n) is 1.36. The van der Waals surface area contributed by atoms with E-state index in [0.29, 0.717) is 4.90 Å². The second-order valence-corrected chi connectivity index (χ2v) is 3.37. The van der Waals surface area contributed by atoms with Crippen LogP contribution in [0.2, 0.25) is 0 Å². The molecule has 86 valence electrons. The first-order valence-electron chi connectivity index (χ1n) is 4.46. The smallest absolute Gasteiger partial charge is 0.330 e. The number of nitrogens with zero attached hydrogens (tertiary/aromatic N) is 1. The highest BCUT2D eigenvalue weighted by molar-refractivity contribution is 6.01. The van der Waals surface area contributed by atoms with Crippen molar-refractivity contribution in [2.75, 3.05) is 13.1 Å². The Balaban J connectivity index is 2.67. The molecule has 1 aliphatic heterocycles. The predicted molar refractivity (Wildman–Crippen MR) is 44.6 cm³/mol. The third-order valence-corrected chi connectivity index (χ3v) is 2.31. The zero-order valence-corrected chi connectivity index (χ0v) is 7.88. The number of amides is 2. The number of nitrogens with two attached hydrogens (primary N) is 1. The molecule has 2 amide bonds. The molecule has 15 heavy (non-hydrogen) atoms. The summed E-state index contributed by atoms with van der Waals surface area (Å²) in [4.78, 5) is 22.8. The Morgan fingerprint density at radius 2 is 1.73 bits per heavy atom. The van der Waals surface area contributed by atoms with Crippen LogP contribution in [0.15, 0.2) is 0 Å². The zero-order valence-electron chi connectivity index (χ0n) is 7.88. The Morgan fingerprint density at radius 3 is 2.07 bits per heavy atom.